The minimum Gasteiger partial charge on any atom is -0.507 e. The number of ether oxygens (including phenoxy) is 2. The minimum absolute atomic E-state index is 0.143. The van der Waals surface area contributed by atoms with Gasteiger partial charge in [0.25, 0.3) is 0 Å². The molecule has 4 heteroatoms. The average molecular weight is 284 g/mol. The average Bonchev–Trinajstić information content (AvgIpc) is 2.53. The molecule has 2 rings (SSSR count). The van der Waals surface area contributed by atoms with Gasteiger partial charge in [-0.1, -0.05) is 36.4 Å². The van der Waals surface area contributed by atoms with Crippen molar-refractivity contribution in [1.29, 1.82) is 0 Å². The zero-order valence-corrected chi connectivity index (χ0v) is 11.9. The van der Waals surface area contributed by atoms with Crippen LogP contribution < -0.4 is 9.47 Å². The third-order valence-electron chi connectivity index (χ3n) is 2.99. The summed E-state index contributed by atoms with van der Waals surface area (Å²) in [6.45, 7) is 0. The van der Waals surface area contributed by atoms with Crippen LogP contribution in [-0.2, 0) is 0 Å². The first kappa shape index (κ1) is 14.7. The van der Waals surface area contributed by atoms with Gasteiger partial charge in [-0.2, -0.15) is 0 Å². The molecule has 4 nitrogen and oxygen atoms in total. The first-order valence-electron chi connectivity index (χ1n) is 6.38. The van der Waals surface area contributed by atoms with Gasteiger partial charge in [0.1, 0.15) is 5.75 Å². The largest absolute Gasteiger partial charge is 0.507 e. The van der Waals surface area contributed by atoms with E-state index in [1.807, 2.05) is 30.3 Å². The van der Waals surface area contributed by atoms with Crippen molar-refractivity contribution in [2.45, 2.75) is 0 Å². The van der Waals surface area contributed by atoms with Gasteiger partial charge in [0.2, 0.25) is 0 Å². The summed E-state index contributed by atoms with van der Waals surface area (Å²) in [6, 6.07) is 12.3. The molecule has 0 aliphatic carbocycles. The lowest BCUT2D eigenvalue weighted by atomic mass is 10.1. The van der Waals surface area contributed by atoms with Crippen molar-refractivity contribution < 1.29 is 19.4 Å². The second-order valence-electron chi connectivity index (χ2n) is 4.33. The van der Waals surface area contributed by atoms with Gasteiger partial charge in [-0.15, -0.1) is 0 Å². The van der Waals surface area contributed by atoms with Crippen LogP contribution in [0.2, 0.25) is 0 Å². The number of carbonyl (C=O) groups excluding carboxylic acids is 1. The number of phenolic OH excluding ortho intramolecular Hbond substituents is 1. The van der Waals surface area contributed by atoms with E-state index >= 15 is 0 Å². The Labute approximate surface area is 123 Å². The standard InChI is InChI=1S/C17H16O4/c1-20-16-10-13(15(19)11-17(16)21-2)14(18)9-8-12-6-4-3-5-7-12/h3-11,19H,1-2H3. The number of carbonyl (C=O) groups is 1. The van der Waals surface area contributed by atoms with Crippen molar-refractivity contribution in [2.75, 3.05) is 14.2 Å². The van der Waals surface area contributed by atoms with Crippen molar-refractivity contribution in [2.24, 2.45) is 0 Å². The van der Waals surface area contributed by atoms with Gasteiger partial charge in [-0.25, -0.2) is 0 Å². The van der Waals surface area contributed by atoms with Gasteiger partial charge >= 0.3 is 0 Å². The summed E-state index contributed by atoms with van der Waals surface area (Å²) in [5.41, 5.74) is 1.07. The van der Waals surface area contributed by atoms with Crippen molar-refractivity contribution in [3.8, 4) is 17.2 Å². The topological polar surface area (TPSA) is 55.8 Å². The van der Waals surface area contributed by atoms with Crippen LogP contribution in [0.1, 0.15) is 15.9 Å². The number of methoxy groups -OCH3 is 2. The molecule has 0 saturated heterocycles. The maximum absolute atomic E-state index is 12.2. The van der Waals surface area contributed by atoms with E-state index in [1.165, 1.54) is 32.4 Å². The van der Waals surface area contributed by atoms with Crippen molar-refractivity contribution in [3.63, 3.8) is 0 Å². The smallest absolute Gasteiger partial charge is 0.189 e. The molecule has 0 aliphatic heterocycles. The highest BCUT2D eigenvalue weighted by Crippen LogP contribution is 2.34. The van der Waals surface area contributed by atoms with Crippen LogP contribution >= 0.6 is 0 Å². The molecule has 0 aromatic heterocycles. The zero-order chi connectivity index (χ0) is 15.2. The highest BCUT2D eigenvalue weighted by molar-refractivity contribution is 6.09. The Kier molecular flexibility index (Phi) is 4.61. The summed E-state index contributed by atoms with van der Waals surface area (Å²) < 4.78 is 10.2. The van der Waals surface area contributed by atoms with Crippen molar-refractivity contribution >= 4 is 11.9 Å². The number of hydrogen-bond donors (Lipinski definition) is 1. The molecular formula is C17H16O4. The Bertz CT molecular complexity index is 660. The molecule has 0 spiro atoms. The SMILES string of the molecule is COc1cc(O)c(C(=O)C=Cc2ccccc2)cc1OC. The molecule has 0 saturated carbocycles. The fourth-order valence-electron chi connectivity index (χ4n) is 1.89. The number of ketones is 1. The Morgan fingerprint density at radius 1 is 1.05 bits per heavy atom. The van der Waals surface area contributed by atoms with Crippen LogP contribution in [0.4, 0.5) is 0 Å². The number of phenols is 1. The number of benzene rings is 2. The molecule has 0 bridgehead atoms. The van der Waals surface area contributed by atoms with Gasteiger partial charge in [0.15, 0.2) is 17.3 Å². The molecule has 0 unspecified atom stereocenters. The molecule has 2 aromatic rings. The number of allylic oxidation sites excluding steroid dienone is 1. The second kappa shape index (κ2) is 6.61. The molecule has 21 heavy (non-hydrogen) atoms. The first-order valence-corrected chi connectivity index (χ1v) is 6.38. The summed E-state index contributed by atoms with van der Waals surface area (Å²) >= 11 is 0. The van der Waals surface area contributed by atoms with Crippen molar-refractivity contribution in [1.82, 2.24) is 0 Å². The molecule has 0 radical (unpaired) electrons. The lowest BCUT2D eigenvalue weighted by Gasteiger charge is -2.10. The van der Waals surface area contributed by atoms with Gasteiger partial charge in [-0.05, 0) is 17.7 Å². The molecule has 0 amide bonds. The van der Waals surface area contributed by atoms with Crippen LogP contribution in [0.3, 0.4) is 0 Å². The van der Waals surface area contributed by atoms with E-state index in [9.17, 15) is 9.90 Å². The van der Waals surface area contributed by atoms with Crippen LogP contribution in [0.15, 0.2) is 48.5 Å². The third kappa shape index (κ3) is 3.42. The zero-order valence-electron chi connectivity index (χ0n) is 11.9. The maximum atomic E-state index is 12.2. The number of hydrogen-bond acceptors (Lipinski definition) is 4. The molecule has 0 atom stereocenters. The molecule has 108 valence electrons. The summed E-state index contributed by atoms with van der Waals surface area (Å²) in [5, 5.41) is 9.92. The van der Waals surface area contributed by atoms with E-state index in [4.69, 9.17) is 9.47 Å². The number of aromatic hydroxyl groups is 1. The Morgan fingerprint density at radius 3 is 2.29 bits per heavy atom. The molecule has 0 heterocycles. The Hall–Kier alpha value is -2.75. The minimum atomic E-state index is -0.308. The lowest BCUT2D eigenvalue weighted by molar-refractivity contribution is 0.104. The maximum Gasteiger partial charge on any atom is 0.189 e. The Balaban J connectivity index is 2.29. The molecule has 0 fully saturated rings. The summed E-state index contributed by atoms with van der Waals surface area (Å²) in [4.78, 5) is 12.2. The van der Waals surface area contributed by atoms with Gasteiger partial charge in [-0.3, -0.25) is 4.79 Å². The van der Waals surface area contributed by atoms with Gasteiger partial charge < -0.3 is 14.6 Å². The van der Waals surface area contributed by atoms with Gasteiger partial charge in [0.05, 0.1) is 19.8 Å². The van der Waals surface area contributed by atoms with E-state index in [-0.39, 0.29) is 17.1 Å². The molecule has 0 aliphatic rings. The van der Waals surface area contributed by atoms with E-state index in [0.717, 1.165) is 5.56 Å². The summed E-state index contributed by atoms with van der Waals surface area (Å²) in [7, 11) is 2.94. The lowest BCUT2D eigenvalue weighted by Crippen LogP contribution is -1.98. The number of rotatable bonds is 5. The van der Waals surface area contributed by atoms with Crippen LogP contribution in [0.5, 0.6) is 17.2 Å². The molecule has 1 N–H and O–H groups in total. The van der Waals surface area contributed by atoms with Crippen molar-refractivity contribution in [3.05, 3.63) is 59.7 Å². The Morgan fingerprint density at radius 2 is 1.67 bits per heavy atom. The fourth-order valence-corrected chi connectivity index (χ4v) is 1.89. The summed E-state index contributed by atoms with van der Waals surface area (Å²) in [5.74, 6) is 0.318. The third-order valence-corrected chi connectivity index (χ3v) is 2.99. The van der Waals surface area contributed by atoms with E-state index in [1.54, 1.807) is 6.08 Å². The van der Waals surface area contributed by atoms with E-state index in [0.29, 0.717) is 11.5 Å². The van der Waals surface area contributed by atoms with E-state index < -0.39 is 0 Å². The van der Waals surface area contributed by atoms with Crippen LogP contribution in [-0.4, -0.2) is 25.1 Å². The first-order chi connectivity index (χ1) is 10.2. The predicted molar refractivity (Wildman–Crippen MR) is 81.0 cm³/mol. The highest BCUT2D eigenvalue weighted by Gasteiger charge is 2.14. The van der Waals surface area contributed by atoms with Crippen LogP contribution in [0.25, 0.3) is 6.08 Å². The summed E-state index contributed by atoms with van der Waals surface area (Å²) in [6.07, 6.45) is 3.11. The highest BCUT2D eigenvalue weighted by atomic mass is 16.5. The van der Waals surface area contributed by atoms with E-state index in [2.05, 4.69) is 0 Å². The fraction of sp³-hybridized carbons (Fsp3) is 0.118. The molecular weight excluding hydrogens is 268 g/mol. The normalized spacial score (nSPS) is 10.6. The predicted octanol–water partition coefficient (Wildman–Crippen LogP) is 3.31. The van der Waals surface area contributed by atoms with Gasteiger partial charge in [0, 0.05) is 6.07 Å². The quantitative estimate of drug-likeness (QED) is 0.676. The van der Waals surface area contributed by atoms with Crippen LogP contribution in [0, 0.1) is 0 Å². The molecule has 2 aromatic carbocycles. The second-order valence-corrected chi connectivity index (χ2v) is 4.33. The monoisotopic (exact) mass is 284 g/mol.